The monoisotopic (exact) mass is 340 g/mol. The summed E-state index contributed by atoms with van der Waals surface area (Å²) in [4.78, 5) is 13.1. The maximum atomic E-state index is 12.6. The van der Waals surface area contributed by atoms with Crippen LogP contribution in [0.3, 0.4) is 0 Å². The summed E-state index contributed by atoms with van der Waals surface area (Å²) >= 11 is 1.49. The van der Waals surface area contributed by atoms with E-state index >= 15 is 0 Å². The van der Waals surface area contributed by atoms with E-state index in [4.69, 9.17) is 13.8 Å². The Morgan fingerprint density at radius 3 is 2.36 bits per heavy atom. The summed E-state index contributed by atoms with van der Waals surface area (Å²) in [7, 11) is -0.983. The molecule has 0 fully saturated rings. The lowest BCUT2D eigenvalue weighted by atomic mass is 10.2. The molecule has 5 nitrogen and oxygen atoms in total. The molecule has 0 bridgehead atoms. The topological polar surface area (TPSA) is 61.8 Å². The van der Waals surface area contributed by atoms with Gasteiger partial charge in [0.25, 0.3) is 0 Å². The van der Waals surface area contributed by atoms with Crippen LogP contribution in [0.15, 0.2) is 47.8 Å². The van der Waals surface area contributed by atoms with Crippen molar-refractivity contribution in [3.63, 3.8) is 0 Å². The van der Waals surface area contributed by atoms with Gasteiger partial charge in [-0.2, -0.15) is 0 Å². The van der Waals surface area contributed by atoms with E-state index in [2.05, 4.69) is 0 Å². The minimum absolute atomic E-state index is 0.273. The van der Waals surface area contributed by atoms with Gasteiger partial charge in [0.1, 0.15) is 0 Å². The molecule has 0 saturated heterocycles. The van der Waals surface area contributed by atoms with Crippen molar-refractivity contribution < 1.29 is 23.1 Å². The minimum Gasteiger partial charge on any atom is -0.445 e. The van der Waals surface area contributed by atoms with Crippen LogP contribution in [0.2, 0.25) is 0 Å². The van der Waals surface area contributed by atoms with Gasteiger partial charge in [0, 0.05) is 25.5 Å². The summed E-state index contributed by atoms with van der Waals surface area (Å²) in [5.41, 5.74) is 0.387. The van der Waals surface area contributed by atoms with Gasteiger partial charge in [0.2, 0.25) is 5.85 Å². The van der Waals surface area contributed by atoms with Crippen molar-refractivity contribution in [2.45, 2.75) is 12.3 Å². The standard InChI is InChI=1S/C15H17O5PS/c1-18-21(17,19-2)14(11-13-9-6-10-22-13)20-15(16)12-7-4-3-5-8-12/h3-10,14H,11H2,1-2H3. The Labute approximate surface area is 133 Å². The zero-order valence-corrected chi connectivity index (χ0v) is 14.0. The Bertz CT molecular complexity index is 633. The molecule has 0 aliphatic heterocycles. The maximum Gasteiger partial charge on any atom is 0.370 e. The van der Waals surface area contributed by atoms with E-state index in [1.54, 1.807) is 30.3 Å². The molecule has 1 atom stereocenters. The van der Waals surface area contributed by atoms with Crippen LogP contribution in [0.5, 0.6) is 0 Å². The molecule has 2 aromatic rings. The second kappa shape index (κ2) is 7.70. The van der Waals surface area contributed by atoms with E-state index in [-0.39, 0.29) is 6.42 Å². The van der Waals surface area contributed by atoms with Crippen molar-refractivity contribution in [2.24, 2.45) is 0 Å². The fraction of sp³-hybridized carbons (Fsp3) is 0.267. The van der Waals surface area contributed by atoms with E-state index in [0.29, 0.717) is 5.56 Å². The second-order valence-corrected chi connectivity index (χ2v) is 7.83. The molecular formula is C15H17O5PS. The van der Waals surface area contributed by atoms with Gasteiger partial charge in [-0.1, -0.05) is 24.3 Å². The normalized spacial score (nSPS) is 12.8. The Morgan fingerprint density at radius 2 is 1.82 bits per heavy atom. The van der Waals surface area contributed by atoms with Crippen molar-refractivity contribution in [1.29, 1.82) is 0 Å². The van der Waals surface area contributed by atoms with Gasteiger partial charge in [-0.15, -0.1) is 11.3 Å². The van der Waals surface area contributed by atoms with Gasteiger partial charge in [0.15, 0.2) is 0 Å². The summed E-state index contributed by atoms with van der Waals surface area (Å²) in [6, 6.07) is 12.3. The average Bonchev–Trinajstić information content (AvgIpc) is 3.07. The fourth-order valence-electron chi connectivity index (χ4n) is 1.89. The van der Waals surface area contributed by atoms with E-state index in [1.165, 1.54) is 25.6 Å². The van der Waals surface area contributed by atoms with Crippen LogP contribution in [0.25, 0.3) is 0 Å². The van der Waals surface area contributed by atoms with E-state index in [0.717, 1.165) is 4.88 Å². The number of thiophene rings is 1. The largest absolute Gasteiger partial charge is 0.445 e. The first kappa shape index (κ1) is 16.9. The molecule has 1 heterocycles. The predicted molar refractivity (Wildman–Crippen MR) is 85.3 cm³/mol. The highest BCUT2D eigenvalue weighted by Crippen LogP contribution is 2.53. The molecule has 1 aromatic heterocycles. The van der Waals surface area contributed by atoms with Gasteiger partial charge in [0.05, 0.1) is 5.56 Å². The van der Waals surface area contributed by atoms with Gasteiger partial charge < -0.3 is 13.8 Å². The van der Waals surface area contributed by atoms with Crippen LogP contribution in [0.4, 0.5) is 0 Å². The molecule has 1 unspecified atom stereocenters. The van der Waals surface area contributed by atoms with Crippen molar-refractivity contribution >= 4 is 24.9 Å². The number of esters is 1. The molecule has 0 amide bonds. The molecule has 1 aromatic carbocycles. The SMILES string of the molecule is COP(=O)(OC)C(Cc1cccs1)OC(=O)c1ccccc1. The molecule has 118 valence electrons. The van der Waals surface area contributed by atoms with Crippen molar-refractivity contribution in [3.05, 3.63) is 58.3 Å². The molecule has 0 aliphatic carbocycles. The fourth-order valence-corrected chi connectivity index (χ4v) is 4.02. The maximum absolute atomic E-state index is 12.6. The second-order valence-electron chi connectivity index (χ2n) is 4.41. The molecule has 2 rings (SSSR count). The van der Waals surface area contributed by atoms with Crippen LogP contribution in [-0.2, 0) is 24.8 Å². The first-order chi connectivity index (χ1) is 10.6. The summed E-state index contributed by atoms with van der Waals surface area (Å²) < 4.78 is 28.0. The number of ether oxygens (including phenoxy) is 1. The van der Waals surface area contributed by atoms with E-state index in [1.807, 2.05) is 17.5 Å². The Balaban J connectivity index is 2.21. The van der Waals surface area contributed by atoms with Crippen LogP contribution in [0, 0.1) is 0 Å². The first-order valence-corrected chi connectivity index (χ1v) is 9.08. The lowest BCUT2D eigenvalue weighted by Crippen LogP contribution is -2.22. The third-order valence-electron chi connectivity index (χ3n) is 3.07. The average molecular weight is 340 g/mol. The van der Waals surface area contributed by atoms with Gasteiger partial charge in [-0.3, -0.25) is 4.57 Å². The highest BCUT2D eigenvalue weighted by Gasteiger charge is 2.38. The number of carbonyl (C=O) groups excluding carboxylic acids is 1. The van der Waals surface area contributed by atoms with Crippen molar-refractivity contribution in [1.82, 2.24) is 0 Å². The number of carbonyl (C=O) groups is 1. The third-order valence-corrected chi connectivity index (χ3v) is 5.98. The van der Waals surface area contributed by atoms with E-state index < -0.39 is 19.4 Å². The Morgan fingerprint density at radius 1 is 1.14 bits per heavy atom. The van der Waals surface area contributed by atoms with Crippen molar-refractivity contribution in [2.75, 3.05) is 14.2 Å². The zero-order valence-electron chi connectivity index (χ0n) is 12.3. The van der Waals surface area contributed by atoms with Crippen LogP contribution in [0.1, 0.15) is 15.2 Å². The lowest BCUT2D eigenvalue weighted by Gasteiger charge is -2.24. The quantitative estimate of drug-likeness (QED) is 0.564. The first-order valence-electron chi connectivity index (χ1n) is 6.58. The zero-order chi connectivity index (χ0) is 16.0. The van der Waals surface area contributed by atoms with Gasteiger partial charge in [-0.05, 0) is 23.6 Å². The Kier molecular flexibility index (Phi) is 5.91. The number of hydrogen-bond donors (Lipinski definition) is 0. The highest BCUT2D eigenvalue weighted by molar-refractivity contribution is 7.54. The number of hydrogen-bond acceptors (Lipinski definition) is 6. The number of benzene rings is 1. The summed E-state index contributed by atoms with van der Waals surface area (Å²) in [5.74, 6) is -1.55. The minimum atomic E-state index is -3.54. The van der Waals surface area contributed by atoms with Gasteiger partial charge in [-0.25, -0.2) is 4.79 Å². The smallest absolute Gasteiger partial charge is 0.370 e. The summed E-state index contributed by atoms with van der Waals surface area (Å²) in [6.07, 6.45) is 0.273. The molecule has 0 aliphatic rings. The Hall–Kier alpha value is -1.46. The number of rotatable bonds is 7. The summed E-state index contributed by atoms with van der Waals surface area (Å²) in [6.45, 7) is 0. The molecule has 0 radical (unpaired) electrons. The highest BCUT2D eigenvalue weighted by atomic mass is 32.1. The molecule has 22 heavy (non-hydrogen) atoms. The lowest BCUT2D eigenvalue weighted by molar-refractivity contribution is 0.0386. The van der Waals surface area contributed by atoms with Crippen LogP contribution < -0.4 is 0 Å². The third kappa shape index (κ3) is 4.05. The summed E-state index contributed by atoms with van der Waals surface area (Å²) in [5, 5.41) is 1.90. The molecule has 0 saturated carbocycles. The molecule has 7 heteroatoms. The van der Waals surface area contributed by atoms with Crippen LogP contribution in [-0.4, -0.2) is 26.0 Å². The molecule has 0 N–H and O–H groups in total. The van der Waals surface area contributed by atoms with E-state index in [9.17, 15) is 9.36 Å². The van der Waals surface area contributed by atoms with Gasteiger partial charge >= 0.3 is 13.6 Å². The van der Waals surface area contributed by atoms with Crippen molar-refractivity contribution in [3.8, 4) is 0 Å². The molecular weight excluding hydrogens is 323 g/mol. The predicted octanol–water partition coefficient (Wildman–Crippen LogP) is 3.96. The van der Waals surface area contributed by atoms with Crippen LogP contribution >= 0.6 is 18.9 Å². The molecule has 0 spiro atoms.